The summed E-state index contributed by atoms with van der Waals surface area (Å²) in [4.78, 5) is 24.0. The highest BCUT2D eigenvalue weighted by Gasteiger charge is 2.10. The summed E-state index contributed by atoms with van der Waals surface area (Å²) in [6.45, 7) is 2.45. The number of nitrogens with zero attached hydrogens (tertiary/aromatic N) is 2. The minimum atomic E-state index is -0.336. The Kier molecular flexibility index (Phi) is 5.04. The molecule has 3 aromatic rings. The molecule has 0 bridgehead atoms. The van der Waals surface area contributed by atoms with Gasteiger partial charge >= 0.3 is 0 Å². The maximum absolute atomic E-state index is 12.3. The summed E-state index contributed by atoms with van der Waals surface area (Å²) in [5.41, 5.74) is 2.90. The van der Waals surface area contributed by atoms with Crippen molar-refractivity contribution in [1.29, 1.82) is 0 Å². The zero-order valence-corrected chi connectivity index (χ0v) is 14.0. The fourth-order valence-electron chi connectivity index (χ4n) is 2.51. The molecule has 0 aliphatic carbocycles. The molecule has 25 heavy (non-hydrogen) atoms. The lowest BCUT2D eigenvalue weighted by Gasteiger charge is -2.08. The van der Waals surface area contributed by atoms with E-state index >= 15 is 0 Å². The standard InChI is InChI=1S/C20H19N3O2/c1-2-14-23-19(24)13-12-18(22-23)20(25)21-17-10-8-16(9-11-17)15-6-4-3-5-7-15/h3-13H,2,14H2,1H3,(H,21,25). The number of carbonyl (C=O) groups is 1. The summed E-state index contributed by atoms with van der Waals surface area (Å²) in [7, 11) is 0. The van der Waals surface area contributed by atoms with Gasteiger partial charge in [-0.3, -0.25) is 9.59 Å². The van der Waals surface area contributed by atoms with Crippen LogP contribution in [-0.4, -0.2) is 15.7 Å². The molecule has 1 amide bonds. The van der Waals surface area contributed by atoms with Gasteiger partial charge in [-0.25, -0.2) is 4.68 Å². The van der Waals surface area contributed by atoms with Crippen molar-refractivity contribution in [3.05, 3.63) is 82.8 Å². The molecule has 3 rings (SSSR count). The van der Waals surface area contributed by atoms with E-state index in [1.165, 1.54) is 16.8 Å². The molecule has 2 aromatic carbocycles. The lowest BCUT2D eigenvalue weighted by atomic mass is 10.1. The summed E-state index contributed by atoms with van der Waals surface area (Å²) in [6.07, 6.45) is 0.777. The van der Waals surface area contributed by atoms with Gasteiger partial charge in [0, 0.05) is 18.3 Å². The average molecular weight is 333 g/mol. The Morgan fingerprint density at radius 3 is 2.32 bits per heavy atom. The molecule has 0 aliphatic heterocycles. The van der Waals surface area contributed by atoms with Crippen molar-refractivity contribution in [2.24, 2.45) is 0 Å². The predicted molar refractivity (Wildman–Crippen MR) is 98.6 cm³/mol. The van der Waals surface area contributed by atoms with Gasteiger partial charge in [0.1, 0.15) is 5.69 Å². The third-order valence-electron chi connectivity index (χ3n) is 3.78. The molecule has 0 atom stereocenters. The first-order valence-electron chi connectivity index (χ1n) is 8.22. The van der Waals surface area contributed by atoms with Crippen LogP contribution >= 0.6 is 0 Å². The second-order valence-corrected chi connectivity index (χ2v) is 5.68. The van der Waals surface area contributed by atoms with Crippen LogP contribution in [0.5, 0.6) is 0 Å². The molecule has 0 saturated heterocycles. The quantitative estimate of drug-likeness (QED) is 0.776. The molecule has 1 N–H and O–H groups in total. The van der Waals surface area contributed by atoms with Gasteiger partial charge in [-0.05, 0) is 35.7 Å². The van der Waals surface area contributed by atoms with E-state index in [0.717, 1.165) is 17.5 Å². The highest BCUT2D eigenvalue weighted by Crippen LogP contribution is 2.21. The summed E-state index contributed by atoms with van der Waals surface area (Å²) in [6, 6.07) is 20.4. The minimum Gasteiger partial charge on any atom is -0.321 e. The van der Waals surface area contributed by atoms with Crippen LogP contribution < -0.4 is 10.9 Å². The van der Waals surface area contributed by atoms with Crippen molar-refractivity contribution in [2.45, 2.75) is 19.9 Å². The van der Waals surface area contributed by atoms with Gasteiger partial charge in [-0.15, -0.1) is 0 Å². The number of carbonyl (C=O) groups excluding carboxylic acids is 1. The summed E-state index contributed by atoms with van der Waals surface area (Å²) >= 11 is 0. The molecule has 5 nitrogen and oxygen atoms in total. The van der Waals surface area contributed by atoms with Gasteiger partial charge in [-0.1, -0.05) is 49.4 Å². The van der Waals surface area contributed by atoms with Crippen molar-refractivity contribution < 1.29 is 4.79 Å². The molecular formula is C20H19N3O2. The number of hydrogen-bond acceptors (Lipinski definition) is 3. The highest BCUT2D eigenvalue weighted by molar-refractivity contribution is 6.02. The van der Waals surface area contributed by atoms with Crippen LogP contribution in [0.3, 0.4) is 0 Å². The Bertz CT molecular complexity index is 916. The topological polar surface area (TPSA) is 64.0 Å². The number of hydrogen-bond donors (Lipinski definition) is 1. The minimum absolute atomic E-state index is 0.203. The Labute approximate surface area is 145 Å². The molecule has 0 saturated carbocycles. The van der Waals surface area contributed by atoms with Gasteiger partial charge in [0.15, 0.2) is 0 Å². The maximum Gasteiger partial charge on any atom is 0.276 e. The van der Waals surface area contributed by atoms with Crippen LogP contribution in [-0.2, 0) is 6.54 Å². The molecule has 1 aromatic heterocycles. The lowest BCUT2D eigenvalue weighted by Crippen LogP contribution is -2.26. The molecule has 0 fully saturated rings. The lowest BCUT2D eigenvalue weighted by molar-refractivity contribution is 0.102. The average Bonchev–Trinajstić information content (AvgIpc) is 2.65. The van der Waals surface area contributed by atoms with E-state index in [0.29, 0.717) is 12.2 Å². The van der Waals surface area contributed by atoms with Crippen molar-refractivity contribution in [1.82, 2.24) is 9.78 Å². The fraction of sp³-hybridized carbons (Fsp3) is 0.150. The smallest absolute Gasteiger partial charge is 0.276 e. The first kappa shape index (κ1) is 16.6. The number of benzene rings is 2. The van der Waals surface area contributed by atoms with E-state index in [1.54, 1.807) is 0 Å². The number of amides is 1. The predicted octanol–water partition coefficient (Wildman–Crippen LogP) is 3.57. The monoisotopic (exact) mass is 333 g/mol. The van der Waals surface area contributed by atoms with Crippen LogP contribution in [0.2, 0.25) is 0 Å². The normalized spacial score (nSPS) is 10.4. The van der Waals surface area contributed by atoms with Gasteiger partial charge in [0.25, 0.3) is 11.5 Å². The van der Waals surface area contributed by atoms with E-state index in [4.69, 9.17) is 0 Å². The Morgan fingerprint density at radius 2 is 1.64 bits per heavy atom. The zero-order valence-electron chi connectivity index (χ0n) is 14.0. The van der Waals surface area contributed by atoms with Crippen LogP contribution in [0.1, 0.15) is 23.8 Å². The van der Waals surface area contributed by atoms with Crippen molar-refractivity contribution in [2.75, 3.05) is 5.32 Å². The van der Waals surface area contributed by atoms with Gasteiger partial charge in [0.05, 0.1) is 0 Å². The SMILES string of the molecule is CCCn1nc(C(=O)Nc2ccc(-c3ccccc3)cc2)ccc1=O. The second-order valence-electron chi connectivity index (χ2n) is 5.68. The number of nitrogens with one attached hydrogen (secondary N) is 1. The van der Waals surface area contributed by atoms with Crippen molar-refractivity contribution in [3.63, 3.8) is 0 Å². The van der Waals surface area contributed by atoms with Gasteiger partial charge in [0.2, 0.25) is 0 Å². The van der Waals surface area contributed by atoms with Crippen molar-refractivity contribution in [3.8, 4) is 11.1 Å². The third kappa shape index (κ3) is 4.01. The molecule has 5 heteroatoms. The van der Waals surface area contributed by atoms with Crippen LogP contribution in [0, 0.1) is 0 Å². The highest BCUT2D eigenvalue weighted by atomic mass is 16.2. The first-order chi connectivity index (χ1) is 12.2. The van der Waals surface area contributed by atoms with Crippen LogP contribution in [0.15, 0.2) is 71.5 Å². The van der Waals surface area contributed by atoms with E-state index in [-0.39, 0.29) is 17.2 Å². The second kappa shape index (κ2) is 7.57. The molecule has 0 aliphatic rings. The Morgan fingerprint density at radius 1 is 0.960 bits per heavy atom. The zero-order chi connectivity index (χ0) is 17.6. The van der Waals surface area contributed by atoms with Gasteiger partial charge < -0.3 is 5.32 Å². The van der Waals surface area contributed by atoms with Crippen LogP contribution in [0.4, 0.5) is 5.69 Å². The molecule has 1 heterocycles. The number of aromatic nitrogens is 2. The largest absolute Gasteiger partial charge is 0.321 e. The van der Waals surface area contributed by atoms with Crippen molar-refractivity contribution >= 4 is 11.6 Å². The molecule has 0 unspecified atom stereocenters. The van der Waals surface area contributed by atoms with E-state index in [9.17, 15) is 9.59 Å². The Balaban J connectivity index is 1.75. The summed E-state index contributed by atoms with van der Waals surface area (Å²) < 4.78 is 1.31. The first-order valence-corrected chi connectivity index (χ1v) is 8.22. The molecule has 0 spiro atoms. The fourth-order valence-corrected chi connectivity index (χ4v) is 2.51. The van der Waals surface area contributed by atoms with Gasteiger partial charge in [-0.2, -0.15) is 5.10 Å². The number of rotatable bonds is 5. The summed E-state index contributed by atoms with van der Waals surface area (Å²) in [5, 5.41) is 6.92. The summed E-state index contributed by atoms with van der Waals surface area (Å²) in [5.74, 6) is -0.336. The Hall–Kier alpha value is -3.21. The number of anilines is 1. The molecule has 0 radical (unpaired) electrons. The molecular weight excluding hydrogens is 314 g/mol. The molecule has 126 valence electrons. The maximum atomic E-state index is 12.3. The third-order valence-corrected chi connectivity index (χ3v) is 3.78. The van der Waals surface area contributed by atoms with E-state index in [2.05, 4.69) is 10.4 Å². The number of aryl methyl sites for hydroxylation is 1. The van der Waals surface area contributed by atoms with Crippen LogP contribution in [0.25, 0.3) is 11.1 Å². The van der Waals surface area contributed by atoms with E-state index < -0.39 is 0 Å². The van der Waals surface area contributed by atoms with E-state index in [1.807, 2.05) is 61.5 Å².